The molecule has 1 aromatic carbocycles. The number of piperidine rings is 1. The summed E-state index contributed by atoms with van der Waals surface area (Å²) in [5, 5.41) is 1.02. The summed E-state index contributed by atoms with van der Waals surface area (Å²) in [7, 11) is 0. The number of aromatic nitrogens is 1. The maximum Gasteiger partial charge on any atom is 0.336 e. The fraction of sp³-hybridized carbons (Fsp3) is 0.391. The molecule has 2 bridgehead atoms. The molecule has 1 saturated heterocycles. The fourth-order valence-electron chi connectivity index (χ4n) is 5.02. The van der Waals surface area contributed by atoms with Crippen molar-refractivity contribution in [3.63, 3.8) is 0 Å². The van der Waals surface area contributed by atoms with E-state index in [-0.39, 0.29) is 11.2 Å². The summed E-state index contributed by atoms with van der Waals surface area (Å²) in [5.74, 6) is 0.846. The average molecular weight is 376 g/mol. The minimum Gasteiger partial charge on any atom is -0.422 e. The Labute approximate surface area is 163 Å². The zero-order valence-corrected chi connectivity index (χ0v) is 16.3. The molecule has 0 aliphatic carbocycles. The van der Waals surface area contributed by atoms with Crippen LogP contribution in [0.4, 0.5) is 0 Å². The van der Waals surface area contributed by atoms with E-state index in [4.69, 9.17) is 4.42 Å². The quantitative estimate of drug-likeness (QED) is 0.645. The van der Waals surface area contributed by atoms with Gasteiger partial charge in [0, 0.05) is 55.3 Å². The van der Waals surface area contributed by atoms with E-state index in [2.05, 4.69) is 23.1 Å². The Morgan fingerprint density at radius 3 is 2.79 bits per heavy atom. The monoisotopic (exact) mass is 376 g/mol. The summed E-state index contributed by atoms with van der Waals surface area (Å²) in [6.07, 6.45) is 1.13. The summed E-state index contributed by atoms with van der Waals surface area (Å²) < 4.78 is 7.48. The van der Waals surface area contributed by atoms with E-state index in [0.717, 1.165) is 60.4 Å². The molecule has 4 heterocycles. The van der Waals surface area contributed by atoms with Gasteiger partial charge in [0.2, 0.25) is 0 Å². The zero-order chi connectivity index (χ0) is 19.4. The van der Waals surface area contributed by atoms with Gasteiger partial charge in [-0.2, -0.15) is 0 Å². The summed E-state index contributed by atoms with van der Waals surface area (Å²) >= 11 is 0. The first kappa shape index (κ1) is 17.4. The third-order valence-corrected chi connectivity index (χ3v) is 6.47. The zero-order valence-electron chi connectivity index (χ0n) is 16.3. The van der Waals surface area contributed by atoms with Crippen LogP contribution < -0.4 is 11.2 Å². The molecule has 2 unspecified atom stereocenters. The van der Waals surface area contributed by atoms with Gasteiger partial charge < -0.3 is 8.98 Å². The Kier molecular flexibility index (Phi) is 4.02. The van der Waals surface area contributed by atoms with Gasteiger partial charge >= 0.3 is 5.63 Å². The third kappa shape index (κ3) is 2.81. The molecule has 5 heteroatoms. The van der Waals surface area contributed by atoms with Crippen LogP contribution in [-0.2, 0) is 13.1 Å². The number of likely N-dealkylation sites (tertiary alicyclic amines) is 1. The topological polar surface area (TPSA) is 55.5 Å². The van der Waals surface area contributed by atoms with E-state index in [1.54, 1.807) is 12.1 Å². The molecular formula is C23H24N2O3. The van der Waals surface area contributed by atoms with Crippen LogP contribution in [0.5, 0.6) is 0 Å². The van der Waals surface area contributed by atoms with Gasteiger partial charge in [0.15, 0.2) is 0 Å². The van der Waals surface area contributed by atoms with Crippen molar-refractivity contribution in [2.75, 3.05) is 13.1 Å². The molecule has 0 radical (unpaired) electrons. The molecule has 5 rings (SSSR count). The van der Waals surface area contributed by atoms with Gasteiger partial charge in [-0.1, -0.05) is 18.2 Å². The Hall–Kier alpha value is -2.66. The van der Waals surface area contributed by atoms with Crippen LogP contribution in [0.1, 0.15) is 34.7 Å². The molecule has 3 aromatic rings. The van der Waals surface area contributed by atoms with Gasteiger partial charge in [-0.05, 0) is 48.9 Å². The van der Waals surface area contributed by atoms with Gasteiger partial charge in [0.25, 0.3) is 5.56 Å². The predicted octanol–water partition coefficient (Wildman–Crippen LogP) is 3.19. The Bertz CT molecular complexity index is 1190. The summed E-state index contributed by atoms with van der Waals surface area (Å²) in [6.45, 7) is 7.42. The number of rotatable bonds is 2. The highest BCUT2D eigenvalue weighted by Gasteiger charge is 2.34. The lowest BCUT2D eigenvalue weighted by atomic mass is 9.83. The highest BCUT2D eigenvalue weighted by atomic mass is 16.4. The van der Waals surface area contributed by atoms with Crippen molar-refractivity contribution in [2.24, 2.45) is 5.92 Å². The van der Waals surface area contributed by atoms with Crippen molar-refractivity contribution in [3.8, 4) is 0 Å². The second-order valence-corrected chi connectivity index (χ2v) is 8.37. The summed E-state index contributed by atoms with van der Waals surface area (Å²) in [4.78, 5) is 26.8. The van der Waals surface area contributed by atoms with Gasteiger partial charge in [-0.25, -0.2) is 4.79 Å². The highest BCUT2D eigenvalue weighted by Crippen LogP contribution is 2.36. The molecule has 2 atom stereocenters. The van der Waals surface area contributed by atoms with Crippen molar-refractivity contribution < 1.29 is 4.42 Å². The van der Waals surface area contributed by atoms with Crippen LogP contribution in [0.3, 0.4) is 0 Å². The van der Waals surface area contributed by atoms with Crippen molar-refractivity contribution in [2.45, 2.75) is 39.3 Å². The summed E-state index contributed by atoms with van der Waals surface area (Å²) in [5.41, 5.74) is 4.86. The first-order chi connectivity index (χ1) is 13.5. The molecule has 0 saturated carbocycles. The smallest absolute Gasteiger partial charge is 0.336 e. The van der Waals surface area contributed by atoms with Crippen molar-refractivity contribution in [1.29, 1.82) is 0 Å². The first-order valence-corrected chi connectivity index (χ1v) is 9.94. The van der Waals surface area contributed by atoms with Crippen molar-refractivity contribution in [1.82, 2.24) is 9.47 Å². The maximum absolute atomic E-state index is 12.2. The number of fused-ring (bicyclic) bond motifs is 5. The molecule has 2 aliphatic rings. The first-order valence-electron chi connectivity index (χ1n) is 9.94. The molecule has 28 heavy (non-hydrogen) atoms. The van der Waals surface area contributed by atoms with E-state index in [0.29, 0.717) is 17.4 Å². The standard InChI is InChI=1S/C23H24N2O3/c1-14-6-7-19-17(9-22(27)28-23(19)15(14)2)12-24-10-16-8-18(13-24)20-4-3-5-21(26)25(20)11-16/h3-7,9,16,18H,8,10-13H2,1-2H3. The van der Waals surface area contributed by atoms with Crippen molar-refractivity contribution >= 4 is 11.0 Å². The Morgan fingerprint density at radius 2 is 1.93 bits per heavy atom. The number of benzene rings is 1. The van der Waals surface area contributed by atoms with E-state index < -0.39 is 0 Å². The Balaban J connectivity index is 1.49. The maximum atomic E-state index is 12.2. The number of hydrogen-bond donors (Lipinski definition) is 0. The van der Waals surface area contributed by atoms with Gasteiger partial charge in [0.1, 0.15) is 5.58 Å². The average Bonchev–Trinajstić information content (AvgIpc) is 2.66. The molecule has 2 aromatic heterocycles. The van der Waals surface area contributed by atoms with E-state index in [9.17, 15) is 9.59 Å². The minimum atomic E-state index is -0.287. The Morgan fingerprint density at radius 1 is 1.07 bits per heavy atom. The number of nitrogens with zero attached hydrogens (tertiary/aromatic N) is 2. The lowest BCUT2D eigenvalue weighted by Gasteiger charge is -2.42. The molecule has 1 fully saturated rings. The predicted molar refractivity (Wildman–Crippen MR) is 109 cm³/mol. The second kappa shape index (κ2) is 6.45. The number of hydrogen-bond acceptors (Lipinski definition) is 4. The van der Waals surface area contributed by atoms with E-state index in [1.165, 1.54) is 0 Å². The van der Waals surface area contributed by atoms with Gasteiger partial charge in [-0.15, -0.1) is 0 Å². The van der Waals surface area contributed by atoms with Crippen LogP contribution in [0.25, 0.3) is 11.0 Å². The molecule has 5 nitrogen and oxygen atoms in total. The van der Waals surface area contributed by atoms with Crippen LogP contribution >= 0.6 is 0 Å². The molecule has 144 valence electrons. The third-order valence-electron chi connectivity index (χ3n) is 6.47. The number of aryl methyl sites for hydroxylation is 2. The minimum absolute atomic E-state index is 0.109. The molecule has 2 aliphatic heterocycles. The normalized spacial score (nSPS) is 21.6. The number of pyridine rings is 1. The fourth-order valence-corrected chi connectivity index (χ4v) is 5.02. The van der Waals surface area contributed by atoms with Crippen LogP contribution in [-0.4, -0.2) is 22.6 Å². The highest BCUT2D eigenvalue weighted by molar-refractivity contribution is 5.83. The van der Waals surface area contributed by atoms with Crippen LogP contribution in [0, 0.1) is 19.8 Å². The van der Waals surface area contributed by atoms with Crippen LogP contribution in [0.2, 0.25) is 0 Å². The van der Waals surface area contributed by atoms with Crippen molar-refractivity contribution in [3.05, 3.63) is 79.6 Å². The van der Waals surface area contributed by atoms with Gasteiger partial charge in [0.05, 0.1) is 0 Å². The largest absolute Gasteiger partial charge is 0.422 e. The van der Waals surface area contributed by atoms with Crippen LogP contribution in [0.15, 0.2) is 50.4 Å². The lowest BCUT2D eigenvalue weighted by molar-refractivity contribution is 0.114. The molecule has 0 spiro atoms. The van der Waals surface area contributed by atoms with E-state index >= 15 is 0 Å². The van der Waals surface area contributed by atoms with Gasteiger partial charge in [-0.3, -0.25) is 9.69 Å². The molecular weight excluding hydrogens is 352 g/mol. The lowest BCUT2D eigenvalue weighted by Crippen LogP contribution is -2.46. The van der Waals surface area contributed by atoms with E-state index in [1.807, 2.05) is 24.5 Å². The SMILES string of the molecule is Cc1ccc2c(CN3CC4CC(C3)c3cccc(=O)n3C4)cc(=O)oc2c1C. The molecule has 0 amide bonds. The molecule has 0 N–H and O–H groups in total. The summed E-state index contributed by atoms with van der Waals surface area (Å²) in [6, 6.07) is 11.4. The second-order valence-electron chi connectivity index (χ2n) is 8.37.